The van der Waals surface area contributed by atoms with Crippen LogP contribution >= 0.6 is 23.2 Å². The normalized spacial score (nSPS) is 12.0. The number of aromatic hydroxyl groups is 1. The van der Waals surface area contributed by atoms with Crippen molar-refractivity contribution in [1.82, 2.24) is 0 Å². The minimum atomic E-state index is -0.132. The minimum absolute atomic E-state index is 0.132. The lowest BCUT2D eigenvalue weighted by molar-refractivity contribution is 0.406. The van der Waals surface area contributed by atoms with Gasteiger partial charge in [-0.15, -0.1) is 0 Å². The van der Waals surface area contributed by atoms with Gasteiger partial charge < -0.3 is 15.2 Å². The van der Waals surface area contributed by atoms with E-state index in [4.69, 9.17) is 27.9 Å². The highest BCUT2D eigenvalue weighted by molar-refractivity contribution is 6.35. The van der Waals surface area contributed by atoms with Crippen molar-refractivity contribution >= 4 is 28.9 Å². The number of halogens is 2. The number of phenolic OH excluding ortho intramolecular Hbond substituents is 1. The summed E-state index contributed by atoms with van der Waals surface area (Å²) in [6, 6.07) is 8.67. The van der Waals surface area contributed by atoms with Crippen LogP contribution in [0.1, 0.15) is 24.1 Å². The Balaban J connectivity index is 2.26. The summed E-state index contributed by atoms with van der Waals surface area (Å²) >= 11 is 12.3. The van der Waals surface area contributed by atoms with Crippen molar-refractivity contribution in [3.63, 3.8) is 0 Å². The van der Waals surface area contributed by atoms with Gasteiger partial charge in [-0.2, -0.15) is 0 Å². The molecule has 0 aromatic heterocycles. The van der Waals surface area contributed by atoms with Gasteiger partial charge >= 0.3 is 0 Å². The summed E-state index contributed by atoms with van der Waals surface area (Å²) in [5.41, 5.74) is 2.41. The monoisotopic (exact) mass is 325 g/mol. The minimum Gasteiger partial charge on any atom is -0.507 e. The topological polar surface area (TPSA) is 41.5 Å². The van der Waals surface area contributed by atoms with E-state index >= 15 is 0 Å². The van der Waals surface area contributed by atoms with Crippen LogP contribution in [0.2, 0.25) is 10.0 Å². The van der Waals surface area contributed by atoms with E-state index in [2.05, 4.69) is 5.32 Å². The highest BCUT2D eigenvalue weighted by atomic mass is 35.5. The van der Waals surface area contributed by atoms with Crippen molar-refractivity contribution < 1.29 is 9.84 Å². The Bertz CT molecular complexity index is 659. The first-order chi connectivity index (χ1) is 9.92. The van der Waals surface area contributed by atoms with Crippen molar-refractivity contribution in [3.05, 3.63) is 51.5 Å². The van der Waals surface area contributed by atoms with E-state index in [1.165, 1.54) is 0 Å². The molecule has 2 aromatic carbocycles. The van der Waals surface area contributed by atoms with Crippen molar-refractivity contribution in [2.24, 2.45) is 0 Å². The second-order valence-corrected chi connectivity index (χ2v) is 5.69. The Kier molecular flexibility index (Phi) is 4.86. The maximum absolute atomic E-state index is 10.1. The molecule has 5 heteroatoms. The fourth-order valence-corrected chi connectivity index (χ4v) is 2.52. The van der Waals surface area contributed by atoms with Crippen LogP contribution in [0.25, 0.3) is 0 Å². The van der Waals surface area contributed by atoms with Crippen LogP contribution in [0.4, 0.5) is 5.69 Å². The molecular weight excluding hydrogens is 309 g/mol. The predicted molar refractivity (Wildman–Crippen MR) is 87.9 cm³/mol. The van der Waals surface area contributed by atoms with Crippen LogP contribution in [0.15, 0.2) is 30.3 Å². The number of hydrogen-bond donors (Lipinski definition) is 2. The Hall–Kier alpha value is -1.58. The van der Waals surface area contributed by atoms with Crippen LogP contribution in [0, 0.1) is 6.92 Å². The number of anilines is 1. The second-order valence-electron chi connectivity index (χ2n) is 4.87. The quantitative estimate of drug-likeness (QED) is 0.812. The zero-order valence-electron chi connectivity index (χ0n) is 12.1. The van der Waals surface area contributed by atoms with Crippen molar-refractivity contribution in [3.8, 4) is 11.5 Å². The number of ether oxygens (including phenoxy) is 1. The first-order valence-corrected chi connectivity index (χ1v) is 7.27. The fraction of sp³-hybridized carbons (Fsp3) is 0.250. The highest BCUT2D eigenvalue weighted by Gasteiger charge is 2.13. The van der Waals surface area contributed by atoms with Crippen molar-refractivity contribution in [2.75, 3.05) is 12.4 Å². The molecule has 112 valence electrons. The molecule has 0 saturated heterocycles. The Morgan fingerprint density at radius 1 is 1.14 bits per heavy atom. The molecule has 0 fully saturated rings. The van der Waals surface area contributed by atoms with Gasteiger partial charge in [0.1, 0.15) is 11.5 Å². The number of aryl methyl sites for hydroxylation is 1. The van der Waals surface area contributed by atoms with Crippen LogP contribution in [-0.4, -0.2) is 12.2 Å². The molecule has 0 radical (unpaired) electrons. The second kappa shape index (κ2) is 6.46. The van der Waals surface area contributed by atoms with E-state index in [1.807, 2.05) is 26.0 Å². The van der Waals surface area contributed by atoms with E-state index in [0.717, 1.165) is 16.8 Å². The molecule has 0 bridgehead atoms. The summed E-state index contributed by atoms with van der Waals surface area (Å²) in [4.78, 5) is 0. The standard InChI is InChI=1S/C16H17Cl2NO2/c1-9-6-14(18)15(8-13(9)17)19-10(2)12-5-4-11(21-3)7-16(12)20/h4-8,10,19-20H,1-3H3. The van der Waals surface area contributed by atoms with Crippen LogP contribution in [-0.2, 0) is 0 Å². The molecule has 3 nitrogen and oxygen atoms in total. The van der Waals surface area contributed by atoms with Gasteiger partial charge in [-0.25, -0.2) is 0 Å². The number of rotatable bonds is 4. The first-order valence-electron chi connectivity index (χ1n) is 6.51. The molecule has 0 aliphatic carbocycles. The van der Waals surface area contributed by atoms with Gasteiger partial charge in [0.2, 0.25) is 0 Å². The summed E-state index contributed by atoms with van der Waals surface area (Å²) in [5.74, 6) is 0.781. The lowest BCUT2D eigenvalue weighted by Gasteiger charge is -2.19. The van der Waals surface area contributed by atoms with Crippen molar-refractivity contribution in [1.29, 1.82) is 0 Å². The molecule has 21 heavy (non-hydrogen) atoms. The van der Waals surface area contributed by atoms with Gasteiger partial charge in [-0.05, 0) is 43.7 Å². The third kappa shape index (κ3) is 3.55. The van der Waals surface area contributed by atoms with Gasteiger partial charge in [0.15, 0.2) is 0 Å². The molecule has 0 saturated carbocycles. The number of phenols is 1. The summed E-state index contributed by atoms with van der Waals surface area (Å²) in [7, 11) is 1.56. The zero-order valence-corrected chi connectivity index (χ0v) is 13.6. The average molecular weight is 326 g/mol. The molecule has 2 aromatic rings. The molecule has 0 aliphatic rings. The Labute approximate surface area is 134 Å². The van der Waals surface area contributed by atoms with Crippen molar-refractivity contribution in [2.45, 2.75) is 19.9 Å². The molecule has 1 unspecified atom stereocenters. The lowest BCUT2D eigenvalue weighted by atomic mass is 10.1. The summed E-state index contributed by atoms with van der Waals surface area (Å²) in [6.07, 6.45) is 0. The third-order valence-electron chi connectivity index (χ3n) is 3.32. The maximum Gasteiger partial charge on any atom is 0.124 e. The first kappa shape index (κ1) is 15.8. The van der Waals surface area contributed by atoms with Gasteiger partial charge in [0.05, 0.1) is 23.9 Å². The summed E-state index contributed by atoms with van der Waals surface area (Å²) < 4.78 is 5.08. The average Bonchev–Trinajstić information content (AvgIpc) is 2.44. The van der Waals surface area contributed by atoms with Gasteiger partial charge in [0.25, 0.3) is 0 Å². The van der Waals surface area contributed by atoms with E-state index in [-0.39, 0.29) is 11.8 Å². The largest absolute Gasteiger partial charge is 0.507 e. The molecule has 2 N–H and O–H groups in total. The predicted octanol–water partition coefficient (Wildman–Crippen LogP) is 5.19. The lowest BCUT2D eigenvalue weighted by Crippen LogP contribution is -2.07. The Morgan fingerprint density at radius 2 is 1.86 bits per heavy atom. The molecule has 0 heterocycles. The Morgan fingerprint density at radius 3 is 2.48 bits per heavy atom. The molecule has 1 atom stereocenters. The molecule has 2 rings (SSSR count). The summed E-state index contributed by atoms with van der Waals surface area (Å²) in [6.45, 7) is 3.84. The van der Waals surface area contributed by atoms with Crippen LogP contribution in [0.5, 0.6) is 11.5 Å². The highest BCUT2D eigenvalue weighted by Crippen LogP contribution is 2.34. The van der Waals surface area contributed by atoms with E-state index < -0.39 is 0 Å². The smallest absolute Gasteiger partial charge is 0.124 e. The van der Waals surface area contributed by atoms with E-state index in [0.29, 0.717) is 15.8 Å². The number of benzene rings is 2. The fourth-order valence-electron chi connectivity index (χ4n) is 2.08. The van der Waals surface area contributed by atoms with E-state index in [9.17, 15) is 5.11 Å². The molecular formula is C16H17Cl2NO2. The molecule has 0 amide bonds. The molecule has 0 spiro atoms. The number of hydrogen-bond acceptors (Lipinski definition) is 3. The SMILES string of the molecule is COc1ccc(C(C)Nc2cc(Cl)c(C)cc2Cl)c(O)c1. The van der Waals surface area contributed by atoms with Crippen LogP contribution < -0.4 is 10.1 Å². The van der Waals surface area contributed by atoms with Crippen LogP contribution in [0.3, 0.4) is 0 Å². The van der Waals surface area contributed by atoms with E-state index in [1.54, 1.807) is 25.3 Å². The van der Waals surface area contributed by atoms with Gasteiger partial charge in [0, 0.05) is 16.7 Å². The third-order valence-corrected chi connectivity index (χ3v) is 4.04. The zero-order chi connectivity index (χ0) is 15.6. The number of methoxy groups -OCH3 is 1. The van der Waals surface area contributed by atoms with Gasteiger partial charge in [-0.1, -0.05) is 23.2 Å². The maximum atomic E-state index is 10.1. The number of nitrogens with one attached hydrogen (secondary N) is 1. The summed E-state index contributed by atoms with van der Waals surface area (Å²) in [5, 5.41) is 14.6. The van der Waals surface area contributed by atoms with Gasteiger partial charge in [-0.3, -0.25) is 0 Å². The molecule has 0 aliphatic heterocycles.